The molecule has 1 aromatic heterocycles. The van der Waals surface area contributed by atoms with Gasteiger partial charge in [-0.2, -0.15) is 11.8 Å². The quantitative estimate of drug-likeness (QED) is 0.899. The largest absolute Gasteiger partial charge is 0.381 e. The summed E-state index contributed by atoms with van der Waals surface area (Å²) in [7, 11) is 0. The van der Waals surface area contributed by atoms with Crippen molar-refractivity contribution in [2.24, 2.45) is 5.41 Å². The van der Waals surface area contributed by atoms with Gasteiger partial charge in [-0.15, -0.1) is 0 Å². The van der Waals surface area contributed by atoms with Crippen molar-refractivity contribution < 1.29 is 0 Å². The lowest BCUT2D eigenvalue weighted by Gasteiger charge is -2.39. The number of rotatable bonds is 3. The van der Waals surface area contributed by atoms with E-state index >= 15 is 0 Å². The number of nitrogens with zero attached hydrogens (tertiary/aromatic N) is 1. The highest BCUT2D eigenvalue weighted by Gasteiger charge is 2.32. The maximum atomic E-state index is 3.74. The summed E-state index contributed by atoms with van der Waals surface area (Å²) in [4.78, 5) is 0. The van der Waals surface area contributed by atoms with E-state index in [1.165, 1.54) is 29.3 Å². The molecule has 2 heterocycles. The predicted octanol–water partition coefficient (Wildman–Crippen LogP) is 4.42. The molecule has 1 atom stereocenters. The van der Waals surface area contributed by atoms with E-state index < -0.39 is 0 Å². The van der Waals surface area contributed by atoms with Crippen LogP contribution in [0, 0.1) is 5.41 Å². The molecular formula is C17H22N2S. The maximum Gasteiger partial charge on any atom is 0.0469 e. The van der Waals surface area contributed by atoms with Crippen LogP contribution in [0.5, 0.6) is 0 Å². The molecule has 0 radical (unpaired) electrons. The van der Waals surface area contributed by atoms with Crippen LogP contribution < -0.4 is 5.32 Å². The lowest BCUT2D eigenvalue weighted by Crippen LogP contribution is -2.41. The van der Waals surface area contributed by atoms with Crippen molar-refractivity contribution in [1.82, 2.24) is 4.57 Å². The molecule has 3 heteroatoms. The molecule has 2 nitrogen and oxygen atoms in total. The molecule has 1 aliphatic rings. The van der Waals surface area contributed by atoms with E-state index in [1.807, 2.05) is 0 Å². The minimum absolute atomic E-state index is 0.370. The summed E-state index contributed by atoms with van der Waals surface area (Å²) in [6.07, 6.45) is 5.45. The molecular weight excluding hydrogens is 264 g/mol. The van der Waals surface area contributed by atoms with Gasteiger partial charge >= 0.3 is 0 Å². The Morgan fingerprint density at radius 1 is 1.20 bits per heavy atom. The smallest absolute Gasteiger partial charge is 0.0469 e. The first-order chi connectivity index (χ1) is 9.65. The third kappa shape index (κ3) is 2.88. The van der Waals surface area contributed by atoms with Crippen LogP contribution in [0.3, 0.4) is 0 Å². The summed E-state index contributed by atoms with van der Waals surface area (Å²) in [5.41, 5.74) is 2.80. The van der Waals surface area contributed by atoms with Crippen molar-refractivity contribution >= 4 is 17.4 Å². The number of thioether (sulfide) groups is 1. The minimum Gasteiger partial charge on any atom is -0.381 e. The van der Waals surface area contributed by atoms with Crippen LogP contribution in [0.25, 0.3) is 5.69 Å². The molecule has 2 aromatic rings. The van der Waals surface area contributed by atoms with Gasteiger partial charge in [-0.3, -0.25) is 0 Å². The minimum atomic E-state index is 0.370. The fourth-order valence-corrected chi connectivity index (χ4v) is 4.24. The van der Waals surface area contributed by atoms with Crippen molar-refractivity contribution in [3.05, 3.63) is 48.8 Å². The summed E-state index contributed by atoms with van der Waals surface area (Å²) in [6, 6.07) is 13.3. The lowest BCUT2D eigenvalue weighted by atomic mass is 9.82. The van der Waals surface area contributed by atoms with Gasteiger partial charge in [0.2, 0.25) is 0 Å². The van der Waals surface area contributed by atoms with Gasteiger partial charge in [0.15, 0.2) is 0 Å². The number of hydrogen-bond donors (Lipinski definition) is 1. The first-order valence-electron chi connectivity index (χ1n) is 7.23. The van der Waals surface area contributed by atoms with E-state index in [9.17, 15) is 0 Å². The van der Waals surface area contributed by atoms with E-state index in [0.717, 1.165) is 0 Å². The first-order valence-corrected chi connectivity index (χ1v) is 8.38. The average Bonchev–Trinajstić information content (AvgIpc) is 2.96. The van der Waals surface area contributed by atoms with Crippen LogP contribution in [0.4, 0.5) is 5.69 Å². The Hall–Kier alpha value is -1.35. The van der Waals surface area contributed by atoms with E-state index in [4.69, 9.17) is 0 Å². The summed E-state index contributed by atoms with van der Waals surface area (Å²) in [5, 5.41) is 3.74. The van der Waals surface area contributed by atoms with Gasteiger partial charge in [0.05, 0.1) is 0 Å². The third-order valence-corrected chi connectivity index (χ3v) is 5.27. The molecule has 1 saturated heterocycles. The Labute approximate surface area is 125 Å². The number of aromatic nitrogens is 1. The monoisotopic (exact) mass is 286 g/mol. The highest BCUT2D eigenvalue weighted by atomic mass is 32.2. The van der Waals surface area contributed by atoms with Gasteiger partial charge in [0, 0.05) is 35.6 Å². The maximum absolute atomic E-state index is 3.74. The Bertz CT molecular complexity index is 560. The lowest BCUT2D eigenvalue weighted by molar-refractivity contribution is 0.305. The Morgan fingerprint density at radius 3 is 2.75 bits per heavy atom. The molecule has 106 valence electrons. The van der Waals surface area contributed by atoms with Gasteiger partial charge < -0.3 is 9.88 Å². The van der Waals surface area contributed by atoms with E-state index in [-0.39, 0.29) is 0 Å². The second kappa shape index (κ2) is 5.57. The Kier molecular flexibility index (Phi) is 3.79. The average molecular weight is 286 g/mol. The summed E-state index contributed by atoms with van der Waals surface area (Å²) < 4.78 is 2.14. The standard InChI is InChI=1S/C17H22N2S/c1-17(2)8-11-20-13-16(17)18-14-6-5-7-15(12-14)19-9-3-4-10-19/h3-7,9-10,12,16,18H,8,11,13H2,1-2H3. The summed E-state index contributed by atoms with van der Waals surface area (Å²) in [5.74, 6) is 2.48. The second-order valence-electron chi connectivity index (χ2n) is 6.15. The molecule has 0 saturated carbocycles. The molecule has 20 heavy (non-hydrogen) atoms. The molecule has 1 fully saturated rings. The van der Waals surface area contributed by atoms with E-state index in [1.54, 1.807) is 0 Å². The first kappa shape index (κ1) is 13.6. The molecule has 1 N–H and O–H groups in total. The van der Waals surface area contributed by atoms with Crippen LogP contribution in [0.1, 0.15) is 20.3 Å². The molecule has 0 bridgehead atoms. The summed E-state index contributed by atoms with van der Waals surface area (Å²) in [6.45, 7) is 4.75. The molecule has 0 spiro atoms. The number of anilines is 1. The third-order valence-electron chi connectivity index (χ3n) is 4.21. The topological polar surface area (TPSA) is 17.0 Å². The van der Waals surface area contributed by atoms with Gasteiger partial charge in [0.25, 0.3) is 0 Å². The van der Waals surface area contributed by atoms with Crippen LogP contribution in [-0.2, 0) is 0 Å². The fraction of sp³-hybridized carbons (Fsp3) is 0.412. The summed E-state index contributed by atoms with van der Waals surface area (Å²) >= 11 is 2.06. The molecule has 1 aromatic carbocycles. The van der Waals surface area contributed by atoms with Crippen molar-refractivity contribution in [3.8, 4) is 5.69 Å². The van der Waals surface area contributed by atoms with E-state index in [0.29, 0.717) is 11.5 Å². The van der Waals surface area contributed by atoms with Gasteiger partial charge in [-0.25, -0.2) is 0 Å². The second-order valence-corrected chi connectivity index (χ2v) is 7.30. The van der Waals surface area contributed by atoms with Gasteiger partial charge in [-0.1, -0.05) is 19.9 Å². The van der Waals surface area contributed by atoms with Crippen LogP contribution in [-0.4, -0.2) is 22.1 Å². The van der Waals surface area contributed by atoms with Crippen molar-refractivity contribution in [2.45, 2.75) is 26.3 Å². The Balaban J connectivity index is 1.79. The highest BCUT2D eigenvalue weighted by molar-refractivity contribution is 7.99. The zero-order valence-electron chi connectivity index (χ0n) is 12.2. The zero-order chi connectivity index (χ0) is 14.0. The van der Waals surface area contributed by atoms with Gasteiger partial charge in [0.1, 0.15) is 0 Å². The zero-order valence-corrected chi connectivity index (χ0v) is 13.0. The van der Waals surface area contributed by atoms with Crippen LogP contribution >= 0.6 is 11.8 Å². The molecule has 1 aliphatic heterocycles. The van der Waals surface area contributed by atoms with Gasteiger partial charge in [-0.05, 0) is 47.9 Å². The number of nitrogens with one attached hydrogen (secondary N) is 1. The SMILES string of the molecule is CC1(C)CCSCC1Nc1cccc(-n2cccc2)c1. The molecule has 0 aliphatic carbocycles. The van der Waals surface area contributed by atoms with Crippen LogP contribution in [0.15, 0.2) is 48.8 Å². The molecule has 1 unspecified atom stereocenters. The van der Waals surface area contributed by atoms with Crippen molar-refractivity contribution in [1.29, 1.82) is 0 Å². The molecule has 0 amide bonds. The molecule has 3 rings (SSSR count). The number of benzene rings is 1. The van der Waals surface area contributed by atoms with Crippen LogP contribution in [0.2, 0.25) is 0 Å². The van der Waals surface area contributed by atoms with Crippen molar-refractivity contribution in [3.63, 3.8) is 0 Å². The van der Waals surface area contributed by atoms with E-state index in [2.05, 4.69) is 84.3 Å². The Morgan fingerprint density at radius 2 is 2.00 bits per heavy atom. The van der Waals surface area contributed by atoms with Crippen molar-refractivity contribution in [2.75, 3.05) is 16.8 Å². The fourth-order valence-electron chi connectivity index (χ4n) is 2.64. The normalized spacial score (nSPS) is 21.6. The highest BCUT2D eigenvalue weighted by Crippen LogP contribution is 2.36. The predicted molar refractivity (Wildman–Crippen MR) is 88.9 cm³/mol. The number of hydrogen-bond acceptors (Lipinski definition) is 2.